The molecular formula is C23H27N4O3-. The van der Waals surface area contributed by atoms with Gasteiger partial charge in [0.2, 0.25) is 0 Å². The van der Waals surface area contributed by atoms with Gasteiger partial charge in [-0.15, -0.1) is 0 Å². The molecule has 7 nitrogen and oxygen atoms in total. The molecule has 1 fully saturated rings. The number of nitrogens with one attached hydrogen (secondary N) is 1. The molecule has 2 aromatic heterocycles. The van der Waals surface area contributed by atoms with Crippen LogP contribution in [0.2, 0.25) is 0 Å². The van der Waals surface area contributed by atoms with E-state index in [0.29, 0.717) is 12.8 Å². The summed E-state index contributed by atoms with van der Waals surface area (Å²) >= 11 is 0. The van der Waals surface area contributed by atoms with Gasteiger partial charge in [-0.1, -0.05) is 18.2 Å². The van der Waals surface area contributed by atoms with Crippen molar-refractivity contribution < 1.29 is 9.53 Å². The molecule has 1 saturated heterocycles. The topological polar surface area (TPSA) is 90.4 Å². The molecule has 0 unspecified atom stereocenters. The minimum atomic E-state index is -0.547. The molecule has 0 aliphatic carbocycles. The fourth-order valence-corrected chi connectivity index (χ4v) is 4.65. The molecule has 0 spiro atoms. The van der Waals surface area contributed by atoms with E-state index in [1.807, 2.05) is 58.0 Å². The summed E-state index contributed by atoms with van der Waals surface area (Å²) in [5.41, 5.74) is 1.40. The van der Waals surface area contributed by atoms with Crippen molar-refractivity contribution in [3.63, 3.8) is 0 Å². The largest absolute Gasteiger partial charge is 0.784 e. The Bertz CT molecular complexity index is 1080. The summed E-state index contributed by atoms with van der Waals surface area (Å²) < 4.78 is 5.52. The second-order valence-electron chi connectivity index (χ2n) is 9.25. The van der Waals surface area contributed by atoms with Crippen LogP contribution in [0.4, 0.5) is 4.79 Å². The summed E-state index contributed by atoms with van der Waals surface area (Å²) in [4.78, 5) is 21.4. The molecule has 1 aromatic carbocycles. The second kappa shape index (κ2) is 7.49. The predicted octanol–water partition coefficient (Wildman–Crippen LogP) is 4.53. The smallest absolute Gasteiger partial charge is 0.407 e. The average molecular weight is 407 g/mol. The Morgan fingerprint density at radius 1 is 1.10 bits per heavy atom. The third-order valence-electron chi connectivity index (χ3n) is 5.85. The maximum absolute atomic E-state index is 12.5. The summed E-state index contributed by atoms with van der Waals surface area (Å²) in [7, 11) is 0. The van der Waals surface area contributed by atoms with Gasteiger partial charge in [0.25, 0.3) is 0 Å². The number of pyridine rings is 2. The lowest BCUT2D eigenvalue weighted by Crippen LogP contribution is -2.61. The highest BCUT2D eigenvalue weighted by Crippen LogP contribution is 2.37. The van der Waals surface area contributed by atoms with E-state index in [4.69, 9.17) is 4.74 Å². The molecule has 0 atom stereocenters. The van der Waals surface area contributed by atoms with Gasteiger partial charge < -0.3 is 20.3 Å². The number of hydrogen-bond acceptors (Lipinski definition) is 6. The van der Waals surface area contributed by atoms with Gasteiger partial charge in [0, 0.05) is 45.8 Å². The molecule has 0 bridgehead atoms. The summed E-state index contributed by atoms with van der Waals surface area (Å²) in [5, 5.41) is 18.5. The zero-order valence-corrected chi connectivity index (χ0v) is 17.8. The molecule has 158 valence electrons. The van der Waals surface area contributed by atoms with Crippen LogP contribution in [0.1, 0.15) is 46.1 Å². The van der Waals surface area contributed by atoms with E-state index >= 15 is 0 Å². The minimum absolute atomic E-state index is 0.116. The monoisotopic (exact) mass is 407 g/mol. The molecule has 7 heteroatoms. The lowest BCUT2D eigenvalue weighted by Gasteiger charge is -2.59. The first-order valence-corrected chi connectivity index (χ1v) is 10.2. The molecule has 1 amide bonds. The van der Waals surface area contributed by atoms with Gasteiger partial charge in [-0.2, -0.15) is 0 Å². The summed E-state index contributed by atoms with van der Waals surface area (Å²) in [6, 6.07) is 9.61. The fourth-order valence-electron chi connectivity index (χ4n) is 4.65. The van der Waals surface area contributed by atoms with Gasteiger partial charge in [-0.3, -0.25) is 9.97 Å². The highest BCUT2D eigenvalue weighted by molar-refractivity contribution is 6.03. The van der Waals surface area contributed by atoms with Crippen LogP contribution < -0.4 is 5.32 Å². The normalized spacial score (nSPS) is 19.1. The average Bonchev–Trinajstić information content (AvgIpc) is 2.69. The van der Waals surface area contributed by atoms with Crippen molar-refractivity contribution in [2.75, 3.05) is 0 Å². The number of ether oxygens (including phenoxy) is 1. The van der Waals surface area contributed by atoms with Crippen LogP contribution in [0.3, 0.4) is 0 Å². The number of alkyl carbamates (subject to hydrolysis) is 1. The number of hydrogen-bond donors (Lipinski definition) is 1. The van der Waals surface area contributed by atoms with E-state index in [-0.39, 0.29) is 12.6 Å². The lowest BCUT2D eigenvalue weighted by molar-refractivity contribution is 0.00125. The van der Waals surface area contributed by atoms with Crippen LogP contribution >= 0.6 is 0 Å². The molecule has 4 rings (SSSR count). The Balaban J connectivity index is 1.47. The quantitative estimate of drug-likeness (QED) is 0.642. The van der Waals surface area contributed by atoms with Crippen molar-refractivity contribution in [1.29, 1.82) is 0 Å². The van der Waals surface area contributed by atoms with Crippen molar-refractivity contribution in [2.24, 2.45) is 0 Å². The molecule has 30 heavy (non-hydrogen) atoms. The number of aromatic nitrogens is 2. The number of benzene rings is 1. The summed E-state index contributed by atoms with van der Waals surface area (Å²) in [6.07, 6.45) is 4.13. The van der Waals surface area contributed by atoms with Crippen molar-refractivity contribution in [1.82, 2.24) is 20.3 Å². The van der Waals surface area contributed by atoms with E-state index < -0.39 is 17.2 Å². The van der Waals surface area contributed by atoms with E-state index in [9.17, 15) is 10.0 Å². The van der Waals surface area contributed by atoms with Crippen molar-refractivity contribution in [3.8, 4) is 0 Å². The van der Waals surface area contributed by atoms with E-state index in [0.717, 1.165) is 32.4 Å². The van der Waals surface area contributed by atoms with Gasteiger partial charge >= 0.3 is 6.09 Å². The Labute approximate surface area is 176 Å². The fraction of sp³-hybridized carbons (Fsp3) is 0.435. The van der Waals surface area contributed by atoms with Crippen molar-refractivity contribution in [2.45, 2.75) is 64.3 Å². The van der Waals surface area contributed by atoms with Crippen molar-refractivity contribution >= 4 is 27.9 Å². The number of carbonyl (C=O) groups is 1. The highest BCUT2D eigenvalue weighted by atomic mass is 16.5. The first kappa shape index (κ1) is 20.5. The van der Waals surface area contributed by atoms with E-state index in [1.165, 1.54) is 0 Å². The number of hydroxylamine groups is 2. The summed E-state index contributed by atoms with van der Waals surface area (Å²) in [5.74, 6) is 0. The van der Waals surface area contributed by atoms with Crippen LogP contribution in [-0.2, 0) is 11.3 Å². The second-order valence-corrected chi connectivity index (χ2v) is 9.25. The SMILES string of the molecule is CC1(C)CC(NC(=O)OCc2ccnc3c2ccc2cccnc23)CC(C)(C)N1[O-]. The number of rotatable bonds is 3. The molecule has 3 heterocycles. The molecule has 1 aliphatic heterocycles. The van der Waals surface area contributed by atoms with Crippen LogP contribution in [0, 0.1) is 5.21 Å². The number of amides is 1. The maximum Gasteiger partial charge on any atom is 0.407 e. The molecule has 3 aromatic rings. The van der Waals surface area contributed by atoms with Crippen LogP contribution in [0.15, 0.2) is 42.7 Å². The molecule has 1 N–H and O–H groups in total. The minimum Gasteiger partial charge on any atom is -0.784 e. The zero-order valence-electron chi connectivity index (χ0n) is 17.8. The van der Waals surface area contributed by atoms with Crippen molar-refractivity contribution in [3.05, 3.63) is 53.5 Å². The van der Waals surface area contributed by atoms with Gasteiger partial charge in [0.15, 0.2) is 0 Å². The summed E-state index contributed by atoms with van der Waals surface area (Å²) in [6.45, 7) is 7.76. The third kappa shape index (κ3) is 3.82. The molecular weight excluding hydrogens is 380 g/mol. The predicted molar refractivity (Wildman–Crippen MR) is 117 cm³/mol. The third-order valence-corrected chi connectivity index (χ3v) is 5.85. The Morgan fingerprint density at radius 2 is 1.80 bits per heavy atom. The Kier molecular flexibility index (Phi) is 5.11. The molecule has 1 aliphatic rings. The first-order chi connectivity index (χ1) is 14.2. The number of piperidine rings is 1. The van der Waals surface area contributed by atoms with Crippen LogP contribution in [0.5, 0.6) is 0 Å². The van der Waals surface area contributed by atoms with E-state index in [2.05, 4.69) is 15.3 Å². The van der Waals surface area contributed by atoms with Gasteiger partial charge in [0.05, 0.1) is 11.0 Å². The number of nitrogens with zero attached hydrogens (tertiary/aromatic N) is 3. The van der Waals surface area contributed by atoms with Gasteiger partial charge in [-0.25, -0.2) is 4.79 Å². The lowest BCUT2D eigenvalue weighted by atomic mass is 9.79. The Morgan fingerprint density at radius 3 is 2.53 bits per heavy atom. The van der Waals surface area contributed by atoms with Crippen LogP contribution in [-0.4, -0.2) is 38.2 Å². The maximum atomic E-state index is 12.5. The Hall–Kier alpha value is -2.77. The number of carbonyl (C=O) groups excluding carboxylic acids is 1. The van der Waals surface area contributed by atoms with E-state index in [1.54, 1.807) is 12.4 Å². The van der Waals surface area contributed by atoms with Gasteiger partial charge in [0.1, 0.15) is 6.61 Å². The first-order valence-electron chi connectivity index (χ1n) is 10.2. The number of fused-ring (bicyclic) bond motifs is 3. The molecule has 0 radical (unpaired) electrons. The molecule has 0 saturated carbocycles. The van der Waals surface area contributed by atoms with Crippen LogP contribution in [0.25, 0.3) is 21.8 Å². The van der Waals surface area contributed by atoms with Gasteiger partial charge in [-0.05, 0) is 52.7 Å². The zero-order chi connectivity index (χ0) is 21.5. The standard InChI is InChI=1S/C23H27N4O3/c1-22(2)12-17(13-23(3,4)27(22)29)26-21(28)30-14-16-9-11-25-20-18(16)8-7-15-6-5-10-24-19(15)20/h5-11,17H,12-14H2,1-4H3,(H,26,28)/q-1. The highest BCUT2D eigenvalue weighted by Gasteiger charge is 2.40.